The van der Waals surface area contributed by atoms with Crippen molar-refractivity contribution in [3.63, 3.8) is 0 Å². The molecule has 2 saturated heterocycles. The Bertz CT molecular complexity index is 623. The van der Waals surface area contributed by atoms with Crippen molar-refractivity contribution in [2.75, 3.05) is 38.2 Å². The minimum atomic E-state index is -0.278. The molecule has 6 nitrogen and oxygen atoms in total. The Kier molecular flexibility index (Phi) is 5.27. The van der Waals surface area contributed by atoms with E-state index in [0.717, 1.165) is 37.4 Å². The molecular weight excluding hydrogens is 318 g/mol. The molecule has 2 fully saturated rings. The maximum Gasteiger partial charge on any atom is 0.227 e. The second kappa shape index (κ2) is 7.44. The van der Waals surface area contributed by atoms with E-state index in [1.165, 1.54) is 0 Å². The monoisotopic (exact) mass is 345 g/mol. The lowest BCUT2D eigenvalue weighted by Crippen LogP contribution is -2.44. The molecule has 1 aromatic carbocycles. The number of hydrogen-bond acceptors (Lipinski definition) is 4. The van der Waals surface area contributed by atoms with Crippen molar-refractivity contribution in [3.8, 4) is 5.75 Å². The van der Waals surface area contributed by atoms with Gasteiger partial charge in [0.05, 0.1) is 13.0 Å². The molecule has 2 N–H and O–H groups in total. The van der Waals surface area contributed by atoms with Gasteiger partial charge in [-0.25, -0.2) is 0 Å². The minimum Gasteiger partial charge on any atom is -0.497 e. The Labute approximate surface area is 148 Å². The molecule has 136 valence electrons. The van der Waals surface area contributed by atoms with Gasteiger partial charge in [-0.15, -0.1) is 0 Å². The van der Waals surface area contributed by atoms with E-state index in [0.29, 0.717) is 13.1 Å². The average molecular weight is 345 g/mol. The summed E-state index contributed by atoms with van der Waals surface area (Å²) in [7, 11) is 1.61. The highest BCUT2D eigenvalue weighted by Gasteiger charge is 2.36. The van der Waals surface area contributed by atoms with Crippen LogP contribution in [0.2, 0.25) is 0 Å². The first kappa shape index (κ1) is 17.7. The first-order valence-corrected chi connectivity index (χ1v) is 8.94. The highest BCUT2D eigenvalue weighted by atomic mass is 16.5. The molecule has 0 spiro atoms. The molecule has 0 radical (unpaired) electrons. The van der Waals surface area contributed by atoms with Gasteiger partial charge in [-0.2, -0.15) is 0 Å². The van der Waals surface area contributed by atoms with Gasteiger partial charge >= 0.3 is 0 Å². The van der Waals surface area contributed by atoms with E-state index in [9.17, 15) is 9.59 Å². The number of carbonyl (C=O) groups excluding carboxylic acids is 2. The fraction of sp³-hybridized carbons (Fsp3) is 0.579. The van der Waals surface area contributed by atoms with Crippen LogP contribution in [0, 0.1) is 11.3 Å². The molecule has 1 unspecified atom stereocenters. The van der Waals surface area contributed by atoms with Crippen molar-refractivity contribution >= 4 is 17.5 Å². The van der Waals surface area contributed by atoms with Gasteiger partial charge in [-0.3, -0.25) is 9.59 Å². The zero-order valence-corrected chi connectivity index (χ0v) is 15.0. The van der Waals surface area contributed by atoms with E-state index in [1.54, 1.807) is 12.0 Å². The molecule has 2 aliphatic rings. The number of anilines is 1. The third-order valence-electron chi connectivity index (χ3n) is 5.38. The quantitative estimate of drug-likeness (QED) is 0.850. The molecule has 25 heavy (non-hydrogen) atoms. The lowest BCUT2D eigenvalue weighted by molar-refractivity contribution is -0.126. The summed E-state index contributed by atoms with van der Waals surface area (Å²) in [6.07, 6.45) is 2.40. The molecule has 6 heteroatoms. The lowest BCUT2D eigenvalue weighted by atomic mass is 9.81. The summed E-state index contributed by atoms with van der Waals surface area (Å²) < 4.78 is 5.14. The van der Waals surface area contributed by atoms with Crippen molar-refractivity contribution < 1.29 is 14.3 Å². The topological polar surface area (TPSA) is 70.7 Å². The largest absolute Gasteiger partial charge is 0.497 e. The van der Waals surface area contributed by atoms with Crippen LogP contribution in [0.1, 0.15) is 26.2 Å². The number of carbonyl (C=O) groups is 2. The predicted molar refractivity (Wildman–Crippen MR) is 96.7 cm³/mol. The van der Waals surface area contributed by atoms with Gasteiger partial charge in [0.25, 0.3) is 0 Å². The van der Waals surface area contributed by atoms with Gasteiger partial charge in [0.15, 0.2) is 0 Å². The number of amides is 2. The van der Waals surface area contributed by atoms with Gasteiger partial charge in [-0.1, -0.05) is 6.92 Å². The van der Waals surface area contributed by atoms with Crippen LogP contribution in [0.5, 0.6) is 5.75 Å². The molecule has 0 bridgehead atoms. The number of nitrogens with zero attached hydrogens (tertiary/aromatic N) is 1. The van der Waals surface area contributed by atoms with Crippen molar-refractivity contribution in [2.24, 2.45) is 11.3 Å². The second-order valence-electron chi connectivity index (χ2n) is 7.38. The van der Waals surface area contributed by atoms with Crippen molar-refractivity contribution in [2.45, 2.75) is 26.2 Å². The summed E-state index contributed by atoms with van der Waals surface area (Å²) in [6, 6.07) is 7.36. The molecule has 2 heterocycles. The van der Waals surface area contributed by atoms with E-state index in [4.69, 9.17) is 4.74 Å². The Morgan fingerprint density at radius 2 is 2.00 bits per heavy atom. The average Bonchev–Trinajstić information content (AvgIpc) is 3.02. The molecule has 0 aliphatic carbocycles. The van der Waals surface area contributed by atoms with Crippen LogP contribution >= 0.6 is 0 Å². The standard InChI is InChI=1S/C19H27N3O3/c1-19(7-9-20-10-8-19)13-21-18(24)14-11-17(23)22(12-14)15-3-5-16(25-2)6-4-15/h3-6,14,20H,7-13H2,1-2H3,(H,21,24). The Morgan fingerprint density at radius 3 is 2.64 bits per heavy atom. The van der Waals surface area contributed by atoms with E-state index in [1.807, 2.05) is 24.3 Å². The number of nitrogens with one attached hydrogen (secondary N) is 2. The molecule has 2 amide bonds. The smallest absolute Gasteiger partial charge is 0.227 e. The Hall–Kier alpha value is -2.08. The number of hydrogen-bond donors (Lipinski definition) is 2. The van der Waals surface area contributed by atoms with Crippen LogP contribution in [-0.4, -0.2) is 45.1 Å². The lowest BCUT2D eigenvalue weighted by Gasteiger charge is -2.34. The summed E-state index contributed by atoms with van der Waals surface area (Å²) in [5, 5.41) is 6.43. The highest BCUT2D eigenvalue weighted by molar-refractivity contribution is 6.00. The number of rotatable bonds is 5. The van der Waals surface area contributed by atoms with Gasteiger partial charge in [0.1, 0.15) is 5.75 Å². The van der Waals surface area contributed by atoms with Crippen LogP contribution < -0.4 is 20.3 Å². The van der Waals surface area contributed by atoms with Crippen molar-refractivity contribution in [1.29, 1.82) is 0 Å². The molecule has 0 saturated carbocycles. The zero-order valence-electron chi connectivity index (χ0n) is 15.0. The van der Waals surface area contributed by atoms with Gasteiger partial charge in [-0.05, 0) is 55.6 Å². The number of benzene rings is 1. The van der Waals surface area contributed by atoms with Crippen LogP contribution in [0.4, 0.5) is 5.69 Å². The fourth-order valence-electron chi connectivity index (χ4n) is 3.55. The first-order chi connectivity index (χ1) is 12.0. The molecule has 0 aromatic heterocycles. The third kappa shape index (κ3) is 4.12. The predicted octanol–water partition coefficient (Wildman–Crippen LogP) is 1.55. The molecular formula is C19H27N3O3. The summed E-state index contributed by atoms with van der Waals surface area (Å²) in [5.74, 6) is 0.460. The number of methoxy groups -OCH3 is 1. The fourth-order valence-corrected chi connectivity index (χ4v) is 3.55. The van der Waals surface area contributed by atoms with E-state index >= 15 is 0 Å². The third-order valence-corrected chi connectivity index (χ3v) is 5.38. The summed E-state index contributed by atoms with van der Waals surface area (Å²) in [6.45, 7) is 5.34. The Balaban J connectivity index is 1.56. The number of piperidine rings is 1. The van der Waals surface area contributed by atoms with E-state index in [2.05, 4.69) is 17.6 Å². The van der Waals surface area contributed by atoms with Crippen LogP contribution in [0.25, 0.3) is 0 Å². The van der Waals surface area contributed by atoms with Crippen LogP contribution in [0.3, 0.4) is 0 Å². The summed E-state index contributed by atoms with van der Waals surface area (Å²) in [4.78, 5) is 26.5. The highest BCUT2D eigenvalue weighted by Crippen LogP contribution is 2.29. The summed E-state index contributed by atoms with van der Waals surface area (Å²) >= 11 is 0. The van der Waals surface area contributed by atoms with Gasteiger partial charge < -0.3 is 20.3 Å². The maximum atomic E-state index is 12.5. The molecule has 2 aliphatic heterocycles. The van der Waals surface area contributed by atoms with E-state index < -0.39 is 0 Å². The molecule has 3 rings (SSSR count). The SMILES string of the molecule is COc1ccc(N2CC(C(=O)NCC3(C)CCNCC3)CC2=O)cc1. The minimum absolute atomic E-state index is 0.00149. The van der Waals surface area contributed by atoms with Crippen LogP contribution in [-0.2, 0) is 9.59 Å². The van der Waals surface area contributed by atoms with Gasteiger partial charge in [0.2, 0.25) is 11.8 Å². The zero-order chi connectivity index (χ0) is 17.9. The number of ether oxygens (including phenoxy) is 1. The molecule has 1 atom stereocenters. The first-order valence-electron chi connectivity index (χ1n) is 8.94. The Morgan fingerprint density at radius 1 is 1.32 bits per heavy atom. The van der Waals surface area contributed by atoms with Crippen molar-refractivity contribution in [3.05, 3.63) is 24.3 Å². The van der Waals surface area contributed by atoms with Gasteiger partial charge in [0, 0.05) is 25.2 Å². The van der Waals surface area contributed by atoms with Crippen molar-refractivity contribution in [1.82, 2.24) is 10.6 Å². The van der Waals surface area contributed by atoms with Crippen LogP contribution in [0.15, 0.2) is 24.3 Å². The summed E-state index contributed by atoms with van der Waals surface area (Å²) in [5.41, 5.74) is 0.963. The second-order valence-corrected chi connectivity index (χ2v) is 7.38. The van der Waals surface area contributed by atoms with E-state index in [-0.39, 0.29) is 29.6 Å². The normalized spacial score (nSPS) is 22.7. The molecule has 1 aromatic rings. The maximum absolute atomic E-state index is 12.5.